The maximum absolute atomic E-state index is 12.7. The standard InChI is InChI=1S/C19H21NO/c1-13-4-6-16(7-5-13)19(8-9-19)18(21)20-17-11-14(2)10-15(3)12-17/h4-7,10-12H,8-9H2,1-3H3,(H,20,21). The van der Waals surface area contributed by atoms with Crippen LogP contribution in [0.4, 0.5) is 5.69 Å². The summed E-state index contributed by atoms with van der Waals surface area (Å²) in [6, 6.07) is 14.5. The summed E-state index contributed by atoms with van der Waals surface area (Å²) in [5, 5.41) is 3.10. The van der Waals surface area contributed by atoms with Gasteiger partial charge in [0.15, 0.2) is 0 Å². The summed E-state index contributed by atoms with van der Waals surface area (Å²) in [5.41, 5.74) is 5.29. The number of nitrogens with one attached hydrogen (secondary N) is 1. The molecule has 0 unspecified atom stereocenters. The Kier molecular flexibility index (Phi) is 3.32. The van der Waals surface area contributed by atoms with Crippen molar-refractivity contribution in [1.82, 2.24) is 0 Å². The first-order valence-electron chi connectivity index (χ1n) is 7.46. The van der Waals surface area contributed by atoms with E-state index < -0.39 is 0 Å². The van der Waals surface area contributed by atoms with Gasteiger partial charge < -0.3 is 5.32 Å². The molecule has 1 N–H and O–H groups in total. The molecule has 0 aliphatic heterocycles. The maximum atomic E-state index is 12.7. The van der Waals surface area contributed by atoms with Gasteiger partial charge in [-0.05, 0) is 62.4 Å². The van der Waals surface area contributed by atoms with Gasteiger partial charge in [0.2, 0.25) is 5.91 Å². The second-order valence-corrected chi connectivity index (χ2v) is 6.28. The summed E-state index contributed by atoms with van der Waals surface area (Å²) in [6.07, 6.45) is 1.87. The van der Waals surface area contributed by atoms with Gasteiger partial charge in [0.25, 0.3) is 0 Å². The molecule has 3 rings (SSSR count). The molecule has 1 fully saturated rings. The molecule has 0 atom stereocenters. The minimum atomic E-state index is -0.314. The first-order chi connectivity index (χ1) is 9.99. The minimum Gasteiger partial charge on any atom is -0.325 e. The van der Waals surface area contributed by atoms with E-state index in [0.29, 0.717) is 0 Å². The molecule has 0 radical (unpaired) electrons. The zero-order valence-corrected chi connectivity index (χ0v) is 12.9. The Morgan fingerprint density at radius 1 is 0.905 bits per heavy atom. The third kappa shape index (κ3) is 2.71. The largest absolute Gasteiger partial charge is 0.325 e. The van der Waals surface area contributed by atoms with E-state index in [1.165, 1.54) is 16.7 Å². The molecule has 2 aromatic carbocycles. The number of carbonyl (C=O) groups excluding carboxylic acids is 1. The van der Waals surface area contributed by atoms with Gasteiger partial charge in [-0.2, -0.15) is 0 Å². The zero-order chi connectivity index (χ0) is 15.0. The third-order valence-corrected chi connectivity index (χ3v) is 4.27. The molecule has 1 aliphatic rings. The van der Waals surface area contributed by atoms with Crippen LogP contribution in [0.3, 0.4) is 0 Å². The number of hydrogen-bond donors (Lipinski definition) is 1. The van der Waals surface area contributed by atoms with Crippen LogP contribution in [0.1, 0.15) is 35.1 Å². The number of amides is 1. The van der Waals surface area contributed by atoms with Crippen LogP contribution in [0.5, 0.6) is 0 Å². The predicted octanol–water partition coefficient (Wildman–Crippen LogP) is 4.28. The SMILES string of the molecule is Cc1ccc(C2(C(=O)Nc3cc(C)cc(C)c3)CC2)cc1. The lowest BCUT2D eigenvalue weighted by Crippen LogP contribution is -2.27. The number of benzene rings is 2. The van der Waals surface area contributed by atoms with Crippen molar-refractivity contribution >= 4 is 11.6 Å². The number of aryl methyl sites for hydroxylation is 3. The summed E-state index contributed by atoms with van der Waals surface area (Å²) < 4.78 is 0. The van der Waals surface area contributed by atoms with E-state index in [1.807, 2.05) is 12.1 Å². The number of anilines is 1. The van der Waals surface area contributed by atoms with Crippen molar-refractivity contribution in [3.63, 3.8) is 0 Å². The molecular weight excluding hydrogens is 258 g/mol. The number of hydrogen-bond acceptors (Lipinski definition) is 1. The molecule has 0 spiro atoms. The van der Waals surface area contributed by atoms with Crippen LogP contribution in [0, 0.1) is 20.8 Å². The Bertz CT molecular complexity index is 661. The van der Waals surface area contributed by atoms with Gasteiger partial charge in [-0.25, -0.2) is 0 Å². The molecule has 0 bridgehead atoms. The van der Waals surface area contributed by atoms with Crippen molar-refractivity contribution in [1.29, 1.82) is 0 Å². The summed E-state index contributed by atoms with van der Waals surface area (Å²) in [6.45, 7) is 6.17. The Hall–Kier alpha value is -2.09. The highest BCUT2D eigenvalue weighted by Crippen LogP contribution is 2.49. The van der Waals surface area contributed by atoms with E-state index in [9.17, 15) is 4.79 Å². The van der Waals surface area contributed by atoms with Gasteiger partial charge in [0.05, 0.1) is 5.41 Å². The van der Waals surface area contributed by atoms with Gasteiger partial charge in [-0.3, -0.25) is 4.79 Å². The minimum absolute atomic E-state index is 0.122. The van der Waals surface area contributed by atoms with Gasteiger partial charge in [-0.1, -0.05) is 35.9 Å². The molecule has 1 saturated carbocycles. The van der Waals surface area contributed by atoms with E-state index >= 15 is 0 Å². The normalized spacial score (nSPS) is 15.6. The van der Waals surface area contributed by atoms with E-state index in [4.69, 9.17) is 0 Å². The molecule has 2 heteroatoms. The quantitative estimate of drug-likeness (QED) is 0.892. The summed E-state index contributed by atoms with van der Waals surface area (Å²) >= 11 is 0. The van der Waals surface area contributed by atoms with Gasteiger partial charge in [0, 0.05) is 5.69 Å². The van der Waals surface area contributed by atoms with Crippen LogP contribution in [0.25, 0.3) is 0 Å². The predicted molar refractivity (Wildman–Crippen MR) is 86.6 cm³/mol. The highest BCUT2D eigenvalue weighted by molar-refractivity contribution is 6.01. The van der Waals surface area contributed by atoms with Crippen LogP contribution in [0.15, 0.2) is 42.5 Å². The van der Waals surface area contributed by atoms with Crippen LogP contribution < -0.4 is 5.32 Å². The fourth-order valence-corrected chi connectivity index (χ4v) is 2.94. The molecule has 1 amide bonds. The number of rotatable bonds is 3. The van der Waals surface area contributed by atoms with Crippen molar-refractivity contribution in [3.8, 4) is 0 Å². The van der Waals surface area contributed by atoms with E-state index in [1.54, 1.807) is 0 Å². The highest BCUT2D eigenvalue weighted by atomic mass is 16.2. The molecule has 1 aliphatic carbocycles. The fraction of sp³-hybridized carbons (Fsp3) is 0.316. The van der Waals surface area contributed by atoms with Crippen LogP contribution >= 0.6 is 0 Å². The Labute approximate surface area is 126 Å². The Morgan fingerprint density at radius 3 is 2.00 bits per heavy atom. The molecular formula is C19H21NO. The maximum Gasteiger partial charge on any atom is 0.235 e. The van der Waals surface area contributed by atoms with Crippen molar-refractivity contribution in [2.45, 2.75) is 39.0 Å². The van der Waals surface area contributed by atoms with Crippen molar-refractivity contribution < 1.29 is 4.79 Å². The lowest BCUT2D eigenvalue weighted by Gasteiger charge is -2.16. The average Bonchev–Trinajstić information content (AvgIpc) is 3.19. The van der Waals surface area contributed by atoms with Crippen LogP contribution in [-0.2, 0) is 10.2 Å². The van der Waals surface area contributed by atoms with E-state index in [2.05, 4.69) is 56.4 Å². The molecule has 2 aromatic rings. The van der Waals surface area contributed by atoms with Crippen LogP contribution in [-0.4, -0.2) is 5.91 Å². The smallest absolute Gasteiger partial charge is 0.235 e. The number of carbonyl (C=O) groups is 1. The highest BCUT2D eigenvalue weighted by Gasteiger charge is 2.51. The fourth-order valence-electron chi connectivity index (χ4n) is 2.94. The molecule has 2 nitrogen and oxygen atoms in total. The third-order valence-electron chi connectivity index (χ3n) is 4.27. The zero-order valence-electron chi connectivity index (χ0n) is 12.9. The first kappa shape index (κ1) is 13.9. The van der Waals surface area contributed by atoms with Gasteiger partial charge in [-0.15, -0.1) is 0 Å². The van der Waals surface area contributed by atoms with Crippen molar-refractivity contribution in [2.24, 2.45) is 0 Å². The Balaban J connectivity index is 1.83. The summed E-state index contributed by atoms with van der Waals surface area (Å²) in [7, 11) is 0. The molecule has 108 valence electrons. The molecule has 0 heterocycles. The van der Waals surface area contributed by atoms with Gasteiger partial charge in [0.1, 0.15) is 0 Å². The van der Waals surface area contributed by atoms with Crippen molar-refractivity contribution in [3.05, 3.63) is 64.7 Å². The lowest BCUT2D eigenvalue weighted by molar-refractivity contribution is -0.118. The van der Waals surface area contributed by atoms with Crippen LogP contribution in [0.2, 0.25) is 0 Å². The molecule has 0 saturated heterocycles. The average molecular weight is 279 g/mol. The van der Waals surface area contributed by atoms with Crippen molar-refractivity contribution in [2.75, 3.05) is 5.32 Å². The monoisotopic (exact) mass is 279 g/mol. The van der Waals surface area contributed by atoms with E-state index in [0.717, 1.165) is 24.1 Å². The second kappa shape index (κ2) is 5.03. The van der Waals surface area contributed by atoms with E-state index in [-0.39, 0.29) is 11.3 Å². The molecule has 0 aromatic heterocycles. The second-order valence-electron chi connectivity index (χ2n) is 6.28. The topological polar surface area (TPSA) is 29.1 Å². The lowest BCUT2D eigenvalue weighted by atomic mass is 9.94. The Morgan fingerprint density at radius 2 is 1.48 bits per heavy atom. The van der Waals surface area contributed by atoms with Gasteiger partial charge >= 0.3 is 0 Å². The summed E-state index contributed by atoms with van der Waals surface area (Å²) in [4.78, 5) is 12.7. The summed E-state index contributed by atoms with van der Waals surface area (Å²) in [5.74, 6) is 0.122. The molecule has 21 heavy (non-hydrogen) atoms. The first-order valence-corrected chi connectivity index (χ1v) is 7.46.